The first-order valence-corrected chi connectivity index (χ1v) is 11.1. The van der Waals surface area contributed by atoms with E-state index in [4.69, 9.17) is 4.74 Å². The van der Waals surface area contributed by atoms with Gasteiger partial charge in [-0.2, -0.15) is 0 Å². The van der Waals surface area contributed by atoms with Crippen LogP contribution in [0.4, 0.5) is 11.4 Å². The van der Waals surface area contributed by atoms with Crippen molar-refractivity contribution in [3.8, 4) is 5.75 Å². The summed E-state index contributed by atoms with van der Waals surface area (Å²) in [4.78, 5) is 13.0. The molecule has 0 aliphatic rings. The molecular weight excluding hydrogens is 376 g/mol. The van der Waals surface area contributed by atoms with Gasteiger partial charge in [-0.25, -0.2) is 8.42 Å². The highest BCUT2D eigenvalue weighted by Crippen LogP contribution is 2.26. The second kappa shape index (κ2) is 9.10. The van der Waals surface area contributed by atoms with Gasteiger partial charge in [0.15, 0.2) is 0 Å². The van der Waals surface area contributed by atoms with Crippen LogP contribution in [0.2, 0.25) is 0 Å². The second-order valence-corrected chi connectivity index (χ2v) is 8.58. The van der Waals surface area contributed by atoms with Crippen molar-refractivity contribution < 1.29 is 17.9 Å². The van der Waals surface area contributed by atoms with Crippen LogP contribution in [-0.4, -0.2) is 33.2 Å². The maximum absolute atomic E-state index is 13.0. The first-order chi connectivity index (χ1) is 13.2. The van der Waals surface area contributed by atoms with Gasteiger partial charge in [0.2, 0.25) is 15.9 Å². The molecule has 0 heterocycles. The lowest BCUT2D eigenvalue weighted by Crippen LogP contribution is -2.47. The van der Waals surface area contributed by atoms with E-state index in [1.807, 2.05) is 39.0 Å². The molecule has 1 N–H and O–H groups in total. The number of sulfonamides is 1. The van der Waals surface area contributed by atoms with Crippen molar-refractivity contribution in [2.24, 2.45) is 0 Å². The Labute approximate surface area is 167 Å². The maximum atomic E-state index is 13.0. The molecule has 0 aliphatic heterocycles. The Morgan fingerprint density at radius 2 is 1.75 bits per heavy atom. The Morgan fingerprint density at radius 3 is 2.29 bits per heavy atom. The fourth-order valence-corrected chi connectivity index (χ4v) is 4.21. The summed E-state index contributed by atoms with van der Waals surface area (Å²) in [5.41, 5.74) is 3.04. The van der Waals surface area contributed by atoms with Crippen LogP contribution in [0.15, 0.2) is 42.5 Å². The average Bonchev–Trinajstić information content (AvgIpc) is 2.62. The van der Waals surface area contributed by atoms with E-state index in [0.29, 0.717) is 30.2 Å². The SMILES string of the molecule is CCOc1ccc(N([C@@H](CC)C(=O)Nc2cc(C)ccc2C)S(C)(=O)=O)cc1. The van der Waals surface area contributed by atoms with E-state index in [1.54, 1.807) is 31.2 Å². The van der Waals surface area contributed by atoms with Gasteiger partial charge in [-0.1, -0.05) is 19.1 Å². The third-order valence-corrected chi connectivity index (χ3v) is 5.56. The standard InChI is InChI=1S/C21H28N2O4S/c1-6-20(21(24)22-19-14-15(3)8-9-16(19)4)23(28(5,25)26)17-10-12-18(13-11-17)27-7-2/h8-14,20H,6-7H2,1-5H3,(H,22,24)/t20-/m0/s1. The molecule has 0 fully saturated rings. The normalized spacial score (nSPS) is 12.3. The van der Waals surface area contributed by atoms with E-state index in [1.165, 1.54) is 4.31 Å². The lowest BCUT2D eigenvalue weighted by molar-refractivity contribution is -0.117. The van der Waals surface area contributed by atoms with Crippen LogP contribution in [-0.2, 0) is 14.8 Å². The molecule has 2 aromatic rings. The first-order valence-electron chi connectivity index (χ1n) is 9.27. The molecule has 2 rings (SSSR count). The van der Waals surface area contributed by atoms with Crippen molar-refractivity contribution in [2.45, 2.75) is 40.2 Å². The van der Waals surface area contributed by atoms with Gasteiger partial charge in [0.05, 0.1) is 18.6 Å². The number of aryl methyl sites for hydroxylation is 2. The topological polar surface area (TPSA) is 75.7 Å². The fourth-order valence-electron chi connectivity index (χ4n) is 3.00. The summed E-state index contributed by atoms with van der Waals surface area (Å²) >= 11 is 0. The molecule has 28 heavy (non-hydrogen) atoms. The van der Waals surface area contributed by atoms with Gasteiger partial charge in [-0.05, 0) is 68.7 Å². The van der Waals surface area contributed by atoms with Gasteiger partial charge < -0.3 is 10.1 Å². The molecular formula is C21H28N2O4S. The maximum Gasteiger partial charge on any atom is 0.248 e. The number of hydrogen-bond donors (Lipinski definition) is 1. The minimum atomic E-state index is -3.68. The largest absolute Gasteiger partial charge is 0.494 e. The number of carbonyl (C=O) groups is 1. The third kappa shape index (κ3) is 5.25. The predicted octanol–water partition coefficient (Wildman–Crippen LogP) is 3.89. The molecule has 1 atom stereocenters. The molecule has 0 unspecified atom stereocenters. The summed E-state index contributed by atoms with van der Waals surface area (Å²) in [5.74, 6) is 0.281. The summed E-state index contributed by atoms with van der Waals surface area (Å²) in [6.07, 6.45) is 1.44. The van der Waals surface area contributed by atoms with E-state index < -0.39 is 16.1 Å². The van der Waals surface area contributed by atoms with Gasteiger partial charge in [0.1, 0.15) is 11.8 Å². The Balaban J connectivity index is 2.37. The molecule has 2 aromatic carbocycles. The molecule has 7 heteroatoms. The van der Waals surface area contributed by atoms with Crippen LogP contribution in [0.1, 0.15) is 31.4 Å². The highest BCUT2D eigenvalue weighted by Gasteiger charge is 2.31. The van der Waals surface area contributed by atoms with Crippen molar-refractivity contribution >= 4 is 27.3 Å². The first kappa shape index (κ1) is 21.8. The minimum absolute atomic E-state index is 0.330. The van der Waals surface area contributed by atoms with Crippen LogP contribution in [0, 0.1) is 13.8 Å². The Hall–Kier alpha value is -2.54. The number of nitrogens with one attached hydrogen (secondary N) is 1. The quantitative estimate of drug-likeness (QED) is 0.724. The fraction of sp³-hybridized carbons (Fsp3) is 0.381. The average molecular weight is 405 g/mol. The van der Waals surface area contributed by atoms with E-state index >= 15 is 0 Å². The van der Waals surface area contributed by atoms with Gasteiger partial charge in [0.25, 0.3) is 0 Å². The number of ether oxygens (including phenoxy) is 1. The molecule has 0 aliphatic carbocycles. The summed E-state index contributed by atoms with van der Waals surface area (Å²) < 4.78 is 31.7. The third-order valence-electron chi connectivity index (χ3n) is 4.38. The van der Waals surface area contributed by atoms with Crippen molar-refractivity contribution in [3.05, 3.63) is 53.6 Å². The summed E-state index contributed by atoms with van der Waals surface area (Å²) in [6, 6.07) is 11.6. The van der Waals surface area contributed by atoms with E-state index in [0.717, 1.165) is 17.4 Å². The van der Waals surface area contributed by atoms with Crippen LogP contribution < -0.4 is 14.4 Å². The lowest BCUT2D eigenvalue weighted by Gasteiger charge is -2.30. The molecule has 0 spiro atoms. The van der Waals surface area contributed by atoms with Gasteiger partial charge in [0, 0.05) is 5.69 Å². The number of carbonyl (C=O) groups excluding carboxylic acids is 1. The van der Waals surface area contributed by atoms with Gasteiger partial charge >= 0.3 is 0 Å². The molecule has 152 valence electrons. The summed E-state index contributed by atoms with van der Waals surface area (Å²) in [7, 11) is -3.68. The predicted molar refractivity (Wildman–Crippen MR) is 114 cm³/mol. The number of rotatable bonds is 8. The summed E-state index contributed by atoms with van der Waals surface area (Å²) in [5, 5.41) is 2.89. The van der Waals surface area contributed by atoms with Crippen LogP contribution in [0.25, 0.3) is 0 Å². The number of benzene rings is 2. The number of nitrogens with zero attached hydrogens (tertiary/aromatic N) is 1. The second-order valence-electron chi connectivity index (χ2n) is 6.72. The molecule has 0 saturated heterocycles. The van der Waals surface area contributed by atoms with Crippen molar-refractivity contribution in [3.63, 3.8) is 0 Å². The highest BCUT2D eigenvalue weighted by atomic mass is 32.2. The van der Waals surface area contributed by atoms with Crippen molar-refractivity contribution in [1.82, 2.24) is 0 Å². The van der Waals surface area contributed by atoms with Crippen LogP contribution in [0.5, 0.6) is 5.75 Å². The Bertz CT molecular complexity index is 924. The molecule has 0 bridgehead atoms. The Morgan fingerprint density at radius 1 is 1.11 bits per heavy atom. The zero-order chi connectivity index (χ0) is 20.9. The van der Waals surface area contributed by atoms with Gasteiger partial charge in [-0.3, -0.25) is 9.10 Å². The number of anilines is 2. The van der Waals surface area contributed by atoms with Crippen molar-refractivity contribution in [1.29, 1.82) is 0 Å². The molecule has 0 radical (unpaired) electrons. The number of amides is 1. The number of hydrogen-bond acceptors (Lipinski definition) is 4. The van der Waals surface area contributed by atoms with Crippen LogP contribution >= 0.6 is 0 Å². The minimum Gasteiger partial charge on any atom is -0.494 e. The van der Waals surface area contributed by atoms with Gasteiger partial charge in [-0.15, -0.1) is 0 Å². The zero-order valence-electron chi connectivity index (χ0n) is 17.0. The Kier molecular flexibility index (Phi) is 7.07. The monoisotopic (exact) mass is 404 g/mol. The van der Waals surface area contributed by atoms with E-state index in [-0.39, 0.29) is 5.91 Å². The molecule has 0 aromatic heterocycles. The van der Waals surface area contributed by atoms with E-state index in [2.05, 4.69) is 5.32 Å². The highest BCUT2D eigenvalue weighted by molar-refractivity contribution is 7.92. The zero-order valence-corrected chi connectivity index (χ0v) is 17.8. The molecule has 6 nitrogen and oxygen atoms in total. The smallest absolute Gasteiger partial charge is 0.248 e. The van der Waals surface area contributed by atoms with Crippen LogP contribution in [0.3, 0.4) is 0 Å². The summed E-state index contributed by atoms with van der Waals surface area (Å²) in [6.45, 7) is 8.03. The van der Waals surface area contributed by atoms with Crippen molar-refractivity contribution in [2.75, 3.05) is 22.5 Å². The lowest BCUT2D eigenvalue weighted by atomic mass is 10.1. The van der Waals surface area contributed by atoms with E-state index in [9.17, 15) is 13.2 Å². The molecule has 1 amide bonds. The molecule has 0 saturated carbocycles.